The fourth-order valence-corrected chi connectivity index (χ4v) is 2.16. The molecule has 0 saturated carbocycles. The summed E-state index contributed by atoms with van der Waals surface area (Å²) in [5.74, 6) is -0.418. The van der Waals surface area contributed by atoms with Gasteiger partial charge in [0.15, 0.2) is 11.5 Å². The number of anilines is 1. The average molecular weight is 309 g/mol. The third kappa shape index (κ3) is 2.11. The largest absolute Gasteiger partial charge is 0.495 e. The van der Waals surface area contributed by atoms with Crippen molar-refractivity contribution >= 4 is 22.9 Å². The van der Waals surface area contributed by atoms with E-state index in [0.29, 0.717) is 10.7 Å². The minimum Gasteiger partial charge on any atom is -0.495 e. The molecule has 6 nitrogen and oxygen atoms in total. The molecule has 0 aliphatic rings. The zero-order chi connectivity index (χ0) is 15.1. The number of ether oxygens (including phenoxy) is 1. The number of nitrogens with two attached hydrogens (primary N) is 1. The predicted octanol–water partition coefficient (Wildman–Crippen LogP) is 1.87. The zero-order valence-corrected chi connectivity index (χ0v) is 11.6. The molecule has 2 N–H and O–H groups in total. The molecule has 0 bridgehead atoms. The van der Waals surface area contributed by atoms with Crippen LogP contribution in [-0.2, 0) is 0 Å². The van der Waals surface area contributed by atoms with Crippen LogP contribution >= 0.6 is 11.6 Å². The van der Waals surface area contributed by atoms with Gasteiger partial charge >= 0.3 is 5.69 Å². The van der Waals surface area contributed by atoms with E-state index in [1.165, 1.54) is 23.8 Å². The third-order valence-electron chi connectivity index (χ3n) is 3.01. The number of nitrogen functional groups attached to an aromatic ring is 1. The van der Waals surface area contributed by atoms with Crippen molar-refractivity contribution in [1.29, 1.82) is 0 Å². The van der Waals surface area contributed by atoms with Crippen molar-refractivity contribution in [3.8, 4) is 11.4 Å². The first-order valence-corrected chi connectivity index (χ1v) is 6.29. The van der Waals surface area contributed by atoms with Crippen molar-refractivity contribution in [2.45, 2.75) is 0 Å². The van der Waals surface area contributed by atoms with Crippen LogP contribution in [0.15, 0.2) is 35.3 Å². The number of benzene rings is 1. The lowest BCUT2D eigenvalue weighted by Gasteiger charge is -2.07. The lowest BCUT2D eigenvalue weighted by Crippen LogP contribution is -2.20. The number of rotatable bonds is 2. The first-order chi connectivity index (χ1) is 10.0. The fourth-order valence-electron chi connectivity index (χ4n) is 2.00. The Balaban J connectivity index is 2.30. The maximum Gasteiger partial charge on any atom is 0.355 e. The second-order valence-electron chi connectivity index (χ2n) is 4.32. The molecule has 1 aromatic carbocycles. The Kier molecular flexibility index (Phi) is 3.06. The van der Waals surface area contributed by atoms with Crippen molar-refractivity contribution in [3.05, 3.63) is 51.8 Å². The minimum absolute atomic E-state index is 0.0501. The quantitative estimate of drug-likeness (QED) is 0.733. The highest BCUT2D eigenvalue weighted by atomic mass is 35.5. The van der Waals surface area contributed by atoms with Crippen LogP contribution in [0.25, 0.3) is 11.3 Å². The summed E-state index contributed by atoms with van der Waals surface area (Å²) in [7, 11) is 1.40. The van der Waals surface area contributed by atoms with Crippen LogP contribution in [0, 0.1) is 5.82 Å². The Morgan fingerprint density at radius 2 is 2.14 bits per heavy atom. The molecular formula is C13H10ClFN4O2. The molecule has 21 heavy (non-hydrogen) atoms. The highest BCUT2D eigenvalue weighted by Crippen LogP contribution is 2.26. The van der Waals surface area contributed by atoms with Crippen LogP contribution in [0.1, 0.15) is 0 Å². The van der Waals surface area contributed by atoms with Gasteiger partial charge in [-0.25, -0.2) is 13.6 Å². The topological polar surface area (TPSA) is 74.5 Å². The number of aromatic nitrogens is 3. The number of hydrogen-bond acceptors (Lipinski definition) is 4. The standard InChI is InChI=1S/C13H10ClFN4O2/c1-21-11-5-10(8(15)4-9(11)16)19-13(20)18-6-7(14)2-3-12(18)17-19/h2-6H,16H2,1H3. The van der Waals surface area contributed by atoms with E-state index in [1.807, 2.05) is 0 Å². The second-order valence-corrected chi connectivity index (χ2v) is 4.75. The van der Waals surface area contributed by atoms with Crippen LogP contribution in [0.5, 0.6) is 5.75 Å². The first kappa shape index (κ1) is 13.4. The summed E-state index contributed by atoms with van der Waals surface area (Å²) in [6, 6.07) is 5.55. The van der Waals surface area contributed by atoms with Gasteiger partial charge in [-0.05, 0) is 12.1 Å². The van der Waals surface area contributed by atoms with Crippen LogP contribution < -0.4 is 16.2 Å². The number of fused-ring (bicyclic) bond motifs is 1. The van der Waals surface area contributed by atoms with Gasteiger partial charge in [-0.15, -0.1) is 5.10 Å². The molecule has 2 aromatic heterocycles. The molecule has 0 unspecified atom stereocenters. The number of halogens is 2. The number of methoxy groups -OCH3 is 1. The second kappa shape index (κ2) is 4.78. The molecule has 0 saturated heterocycles. The Hall–Kier alpha value is -2.54. The summed E-state index contributed by atoms with van der Waals surface area (Å²) < 4.78 is 21.3. The molecular weight excluding hydrogens is 299 g/mol. The Labute approximate surface area is 123 Å². The first-order valence-electron chi connectivity index (χ1n) is 5.91. The molecule has 0 fully saturated rings. The van der Waals surface area contributed by atoms with Gasteiger partial charge < -0.3 is 10.5 Å². The van der Waals surface area contributed by atoms with E-state index in [4.69, 9.17) is 22.1 Å². The summed E-state index contributed by atoms with van der Waals surface area (Å²) >= 11 is 5.84. The van der Waals surface area contributed by atoms with Gasteiger partial charge in [0.2, 0.25) is 0 Å². The van der Waals surface area contributed by atoms with Gasteiger partial charge in [0.05, 0.1) is 17.8 Å². The molecule has 108 valence electrons. The van der Waals surface area contributed by atoms with Crippen LogP contribution in [0.3, 0.4) is 0 Å². The van der Waals surface area contributed by atoms with Gasteiger partial charge in [0.25, 0.3) is 0 Å². The normalized spacial score (nSPS) is 11.0. The van der Waals surface area contributed by atoms with Crippen molar-refractivity contribution in [3.63, 3.8) is 0 Å². The summed E-state index contributed by atoms with van der Waals surface area (Å²) in [6.45, 7) is 0. The van der Waals surface area contributed by atoms with Gasteiger partial charge in [-0.1, -0.05) is 11.6 Å². The fraction of sp³-hybridized carbons (Fsp3) is 0.0769. The van der Waals surface area contributed by atoms with Crippen molar-refractivity contribution in [1.82, 2.24) is 14.2 Å². The van der Waals surface area contributed by atoms with Gasteiger partial charge in [0.1, 0.15) is 11.4 Å². The lowest BCUT2D eigenvalue weighted by molar-refractivity contribution is 0.415. The number of pyridine rings is 1. The van der Waals surface area contributed by atoms with Gasteiger partial charge in [-0.2, -0.15) is 4.68 Å². The molecule has 3 aromatic rings. The summed E-state index contributed by atoms with van der Waals surface area (Å²) in [6.07, 6.45) is 1.41. The molecule has 8 heteroatoms. The molecule has 3 rings (SSSR count). The van der Waals surface area contributed by atoms with Crippen LogP contribution in [0.4, 0.5) is 10.1 Å². The van der Waals surface area contributed by atoms with Crippen LogP contribution in [0.2, 0.25) is 5.02 Å². The monoisotopic (exact) mass is 308 g/mol. The maximum absolute atomic E-state index is 14.1. The number of hydrogen-bond donors (Lipinski definition) is 1. The highest BCUT2D eigenvalue weighted by molar-refractivity contribution is 6.30. The molecule has 2 heterocycles. The van der Waals surface area contributed by atoms with E-state index in [9.17, 15) is 9.18 Å². The van der Waals surface area contributed by atoms with Crippen molar-refractivity contribution in [2.75, 3.05) is 12.8 Å². The Bertz CT molecular complexity index is 903. The van der Waals surface area contributed by atoms with E-state index in [0.717, 1.165) is 10.7 Å². The van der Waals surface area contributed by atoms with E-state index < -0.39 is 11.5 Å². The average Bonchev–Trinajstić information content (AvgIpc) is 2.76. The zero-order valence-electron chi connectivity index (χ0n) is 10.9. The summed E-state index contributed by atoms with van der Waals surface area (Å²) in [5, 5.41) is 4.44. The van der Waals surface area contributed by atoms with Crippen LogP contribution in [-0.4, -0.2) is 21.3 Å². The SMILES string of the molecule is COc1cc(-n2nc3ccc(Cl)cn3c2=O)c(F)cc1N. The van der Waals surface area contributed by atoms with Crippen molar-refractivity contribution < 1.29 is 9.13 Å². The number of nitrogens with zero attached hydrogens (tertiary/aromatic N) is 3. The van der Waals surface area contributed by atoms with E-state index in [1.54, 1.807) is 12.1 Å². The van der Waals surface area contributed by atoms with E-state index >= 15 is 0 Å². The maximum atomic E-state index is 14.1. The molecule has 0 aliphatic heterocycles. The molecule has 0 aliphatic carbocycles. The third-order valence-corrected chi connectivity index (χ3v) is 3.23. The van der Waals surface area contributed by atoms with E-state index in [-0.39, 0.29) is 17.1 Å². The predicted molar refractivity (Wildman–Crippen MR) is 76.7 cm³/mol. The molecule has 0 atom stereocenters. The molecule has 0 radical (unpaired) electrons. The van der Waals surface area contributed by atoms with Gasteiger partial charge in [-0.3, -0.25) is 0 Å². The van der Waals surface area contributed by atoms with Gasteiger partial charge in [0, 0.05) is 18.3 Å². The summed E-state index contributed by atoms with van der Waals surface area (Å²) in [5.41, 5.74) is 5.51. The van der Waals surface area contributed by atoms with Crippen molar-refractivity contribution in [2.24, 2.45) is 0 Å². The lowest BCUT2D eigenvalue weighted by atomic mass is 10.2. The Morgan fingerprint density at radius 1 is 1.38 bits per heavy atom. The van der Waals surface area contributed by atoms with E-state index in [2.05, 4.69) is 5.10 Å². The molecule has 0 amide bonds. The summed E-state index contributed by atoms with van der Waals surface area (Å²) in [4.78, 5) is 12.3. The smallest absolute Gasteiger partial charge is 0.355 e. The minimum atomic E-state index is -0.676. The highest BCUT2D eigenvalue weighted by Gasteiger charge is 2.15. The molecule has 0 spiro atoms. The Morgan fingerprint density at radius 3 is 2.86 bits per heavy atom.